The van der Waals surface area contributed by atoms with E-state index < -0.39 is 5.97 Å². The van der Waals surface area contributed by atoms with Gasteiger partial charge < -0.3 is 15.2 Å². The van der Waals surface area contributed by atoms with Crippen LogP contribution in [0.25, 0.3) is 0 Å². The molecule has 0 aromatic heterocycles. The average Bonchev–Trinajstić information content (AvgIpc) is 2.65. The first-order valence-electron chi connectivity index (χ1n) is 8.98. The van der Waals surface area contributed by atoms with Crippen LogP contribution in [0.15, 0.2) is 24.3 Å². The van der Waals surface area contributed by atoms with Crippen molar-refractivity contribution in [2.75, 3.05) is 33.8 Å². The van der Waals surface area contributed by atoms with Crippen LogP contribution in [0.5, 0.6) is 5.75 Å². The van der Waals surface area contributed by atoms with Gasteiger partial charge in [-0.25, -0.2) is 0 Å². The smallest absolute Gasteiger partial charge is 0.317 e. The van der Waals surface area contributed by atoms with Crippen LogP contribution in [0.4, 0.5) is 0 Å². The summed E-state index contributed by atoms with van der Waals surface area (Å²) in [4.78, 5) is 27.4. The third-order valence-electron chi connectivity index (χ3n) is 5.08. The second-order valence-electron chi connectivity index (χ2n) is 6.78. The molecule has 1 aromatic rings. The fourth-order valence-electron chi connectivity index (χ4n) is 3.40. The second kappa shape index (κ2) is 11.1. The summed E-state index contributed by atoms with van der Waals surface area (Å²) in [6, 6.07) is 7.68. The molecule has 1 aliphatic rings. The van der Waals surface area contributed by atoms with Gasteiger partial charge >= 0.3 is 5.97 Å². The number of methoxy groups -OCH3 is 1. The molecule has 27 heavy (non-hydrogen) atoms. The highest BCUT2D eigenvalue weighted by molar-refractivity contribution is 5.85. The summed E-state index contributed by atoms with van der Waals surface area (Å²) in [5.41, 5.74) is 0.949. The Hall–Kier alpha value is -1.83. The van der Waals surface area contributed by atoms with Crippen molar-refractivity contribution in [1.82, 2.24) is 15.1 Å². The van der Waals surface area contributed by atoms with Crippen molar-refractivity contribution in [2.45, 2.75) is 38.4 Å². The number of carbonyl (C=O) groups excluding carboxylic acids is 1. The third-order valence-corrected chi connectivity index (χ3v) is 5.08. The zero-order chi connectivity index (χ0) is 19.1. The van der Waals surface area contributed by atoms with E-state index in [1.54, 1.807) is 7.11 Å². The minimum atomic E-state index is -0.806. The van der Waals surface area contributed by atoms with E-state index in [0.717, 1.165) is 37.2 Å². The molecular weight excluding hydrogens is 370 g/mol. The van der Waals surface area contributed by atoms with Gasteiger partial charge in [0.25, 0.3) is 0 Å². The minimum absolute atomic E-state index is 0. The molecule has 0 spiro atoms. The fraction of sp³-hybridized carbons (Fsp3) is 0.579. The van der Waals surface area contributed by atoms with E-state index in [9.17, 15) is 9.59 Å². The molecule has 1 saturated heterocycles. The molecule has 0 radical (unpaired) electrons. The van der Waals surface area contributed by atoms with Crippen LogP contribution in [0.2, 0.25) is 0 Å². The summed E-state index contributed by atoms with van der Waals surface area (Å²) in [5.74, 6) is -0.0463. The number of likely N-dealkylation sites (N-methyl/N-ethyl adjacent to an activating group) is 1. The number of para-hydroxylation sites is 1. The Kier molecular flexibility index (Phi) is 9.55. The van der Waals surface area contributed by atoms with Crippen molar-refractivity contribution in [2.24, 2.45) is 0 Å². The van der Waals surface area contributed by atoms with Crippen molar-refractivity contribution in [3.05, 3.63) is 29.8 Å². The van der Waals surface area contributed by atoms with Crippen molar-refractivity contribution < 1.29 is 19.4 Å². The molecule has 1 atom stereocenters. The number of carboxylic acid groups (broad SMARTS) is 1. The van der Waals surface area contributed by atoms with Gasteiger partial charge in [-0.15, -0.1) is 12.4 Å². The monoisotopic (exact) mass is 399 g/mol. The molecule has 1 unspecified atom stereocenters. The highest BCUT2D eigenvalue weighted by Crippen LogP contribution is 2.19. The van der Waals surface area contributed by atoms with E-state index in [0.29, 0.717) is 6.54 Å². The number of nitrogens with one attached hydrogen (secondary N) is 1. The largest absolute Gasteiger partial charge is 0.496 e. The summed E-state index contributed by atoms with van der Waals surface area (Å²) in [6.45, 7) is 3.99. The number of benzene rings is 1. The zero-order valence-electron chi connectivity index (χ0n) is 16.2. The van der Waals surface area contributed by atoms with Gasteiger partial charge in [-0.3, -0.25) is 19.4 Å². The number of hydrogen-bond donors (Lipinski definition) is 2. The molecular formula is C19H30ClN3O4. The van der Waals surface area contributed by atoms with E-state index in [4.69, 9.17) is 9.84 Å². The van der Waals surface area contributed by atoms with Crippen LogP contribution >= 0.6 is 12.4 Å². The summed E-state index contributed by atoms with van der Waals surface area (Å²) in [6.07, 6.45) is 1.74. The molecule has 1 heterocycles. The molecule has 1 aliphatic heterocycles. The van der Waals surface area contributed by atoms with Crippen molar-refractivity contribution in [1.29, 1.82) is 0 Å². The van der Waals surface area contributed by atoms with Crippen LogP contribution in [0, 0.1) is 0 Å². The number of hydrogen-bond acceptors (Lipinski definition) is 5. The molecule has 2 N–H and O–H groups in total. The molecule has 2 rings (SSSR count). The summed E-state index contributed by atoms with van der Waals surface area (Å²) < 4.78 is 5.31. The zero-order valence-corrected chi connectivity index (χ0v) is 17.0. The number of ether oxygens (including phenoxy) is 1. The number of amides is 1. The van der Waals surface area contributed by atoms with Gasteiger partial charge in [0, 0.05) is 31.2 Å². The molecule has 0 bridgehead atoms. The predicted molar refractivity (Wildman–Crippen MR) is 106 cm³/mol. The lowest BCUT2D eigenvalue weighted by atomic mass is 10.0. The van der Waals surface area contributed by atoms with Gasteiger partial charge in [-0.2, -0.15) is 0 Å². The van der Waals surface area contributed by atoms with Crippen molar-refractivity contribution >= 4 is 24.3 Å². The lowest BCUT2D eigenvalue weighted by Crippen LogP contribution is -2.51. The summed E-state index contributed by atoms with van der Waals surface area (Å²) in [5, 5.41) is 11.9. The lowest BCUT2D eigenvalue weighted by Gasteiger charge is -2.38. The first-order chi connectivity index (χ1) is 12.4. The quantitative estimate of drug-likeness (QED) is 0.691. The number of likely N-dealkylation sites (tertiary alicyclic amines) is 1. The van der Waals surface area contributed by atoms with Gasteiger partial charge in [0.15, 0.2) is 0 Å². The maximum Gasteiger partial charge on any atom is 0.317 e. The van der Waals surface area contributed by atoms with Crippen LogP contribution < -0.4 is 10.1 Å². The number of piperidine rings is 1. The molecule has 8 heteroatoms. The SMILES string of the molecule is COc1ccccc1CNC(=O)C(C)N1CCC(N(C)CC(=O)O)CC1.Cl. The predicted octanol–water partition coefficient (Wildman–Crippen LogP) is 1.60. The molecule has 152 valence electrons. The Morgan fingerprint density at radius 1 is 1.33 bits per heavy atom. The van der Waals surface area contributed by atoms with Crippen LogP contribution in [-0.4, -0.2) is 72.7 Å². The Morgan fingerprint density at radius 2 is 1.96 bits per heavy atom. The second-order valence-corrected chi connectivity index (χ2v) is 6.78. The van der Waals surface area contributed by atoms with E-state index in [1.165, 1.54) is 0 Å². The summed E-state index contributed by atoms with van der Waals surface area (Å²) >= 11 is 0. The molecule has 0 saturated carbocycles. The maximum absolute atomic E-state index is 12.5. The number of carbonyl (C=O) groups is 2. The van der Waals surface area contributed by atoms with Gasteiger partial charge in [-0.1, -0.05) is 18.2 Å². The highest BCUT2D eigenvalue weighted by atomic mass is 35.5. The Morgan fingerprint density at radius 3 is 2.56 bits per heavy atom. The number of halogens is 1. The van der Waals surface area contributed by atoms with Crippen molar-refractivity contribution in [3.8, 4) is 5.75 Å². The van der Waals surface area contributed by atoms with Gasteiger partial charge in [-0.05, 0) is 32.9 Å². The Balaban J connectivity index is 0.00000364. The van der Waals surface area contributed by atoms with Gasteiger partial charge in [0.1, 0.15) is 5.75 Å². The average molecular weight is 400 g/mol. The first-order valence-corrected chi connectivity index (χ1v) is 8.98. The fourth-order valence-corrected chi connectivity index (χ4v) is 3.40. The van der Waals surface area contributed by atoms with Crippen LogP contribution in [-0.2, 0) is 16.1 Å². The Labute approximate surface area is 167 Å². The Bertz CT molecular complexity index is 621. The van der Waals surface area contributed by atoms with E-state index >= 15 is 0 Å². The molecule has 0 aliphatic carbocycles. The van der Waals surface area contributed by atoms with Gasteiger partial charge in [0.2, 0.25) is 5.91 Å². The van der Waals surface area contributed by atoms with Gasteiger partial charge in [0.05, 0.1) is 19.7 Å². The third kappa shape index (κ3) is 6.68. The normalized spacial score (nSPS) is 16.4. The number of carboxylic acids is 1. The maximum atomic E-state index is 12.5. The molecule has 1 fully saturated rings. The number of rotatable bonds is 8. The number of aliphatic carboxylic acids is 1. The minimum Gasteiger partial charge on any atom is -0.496 e. The first kappa shape index (κ1) is 23.2. The van der Waals surface area contributed by atoms with Crippen LogP contribution in [0.1, 0.15) is 25.3 Å². The van der Waals surface area contributed by atoms with E-state index in [1.807, 2.05) is 43.1 Å². The van der Waals surface area contributed by atoms with Crippen LogP contribution in [0.3, 0.4) is 0 Å². The molecule has 1 aromatic carbocycles. The summed E-state index contributed by atoms with van der Waals surface area (Å²) in [7, 11) is 3.46. The topological polar surface area (TPSA) is 82.1 Å². The number of nitrogens with zero attached hydrogens (tertiary/aromatic N) is 2. The highest BCUT2D eigenvalue weighted by Gasteiger charge is 2.28. The van der Waals surface area contributed by atoms with E-state index in [-0.39, 0.29) is 36.9 Å². The van der Waals surface area contributed by atoms with Crippen molar-refractivity contribution in [3.63, 3.8) is 0 Å². The molecule has 1 amide bonds. The molecule has 7 nitrogen and oxygen atoms in total. The standard InChI is InChI=1S/C19H29N3O4.ClH/c1-14(19(25)20-12-15-6-4-5-7-17(15)26-3)22-10-8-16(9-11-22)21(2)13-18(23)24;/h4-7,14,16H,8-13H2,1-3H3,(H,20,25)(H,23,24);1H. The lowest BCUT2D eigenvalue weighted by molar-refractivity contribution is -0.138. The van der Waals surface area contributed by atoms with E-state index in [2.05, 4.69) is 10.2 Å².